The number of Topliss-reactive ketones (excluding diaryl/α,β-unsaturated/α-hetero) is 1. The molecule has 0 unspecified atom stereocenters. The van der Waals surface area contributed by atoms with E-state index < -0.39 is 23.8 Å². The van der Waals surface area contributed by atoms with Gasteiger partial charge in [-0.1, -0.05) is 6.07 Å². The maximum atomic E-state index is 12.6. The predicted octanol–water partition coefficient (Wildman–Crippen LogP) is 4.03. The number of rotatable bonds is 7. The Kier molecular flexibility index (Phi) is 8.00. The van der Waals surface area contributed by atoms with Gasteiger partial charge >= 0.3 is 12.1 Å². The fourth-order valence-corrected chi connectivity index (χ4v) is 2.49. The molecule has 6 nitrogen and oxygen atoms in total. The summed E-state index contributed by atoms with van der Waals surface area (Å²) in [6, 6.07) is 3.79. The first kappa shape index (κ1) is 22.7. The lowest BCUT2D eigenvalue weighted by molar-refractivity contribution is -0.146. The quantitative estimate of drug-likeness (QED) is 0.441. The summed E-state index contributed by atoms with van der Waals surface area (Å²) >= 11 is 0. The molecule has 0 bridgehead atoms. The predicted molar refractivity (Wildman–Crippen MR) is 104 cm³/mol. The maximum Gasteiger partial charge on any atom is 0.407 e. The fourth-order valence-electron chi connectivity index (χ4n) is 2.49. The van der Waals surface area contributed by atoms with E-state index in [0.29, 0.717) is 18.5 Å². The van der Waals surface area contributed by atoms with E-state index in [1.165, 1.54) is 0 Å². The van der Waals surface area contributed by atoms with Crippen LogP contribution < -0.4 is 5.32 Å². The summed E-state index contributed by atoms with van der Waals surface area (Å²) in [5.41, 5.74) is 3.02. The Morgan fingerprint density at radius 2 is 1.63 bits per heavy atom. The van der Waals surface area contributed by atoms with Crippen LogP contribution in [0, 0.1) is 20.8 Å². The second-order valence-corrected chi connectivity index (χ2v) is 7.78. The highest BCUT2D eigenvalue weighted by Gasteiger charge is 2.21. The average Bonchev–Trinajstić information content (AvgIpc) is 2.52. The molecule has 0 aliphatic carbocycles. The molecule has 0 saturated heterocycles. The summed E-state index contributed by atoms with van der Waals surface area (Å²) in [4.78, 5) is 36.0. The molecule has 6 heteroatoms. The van der Waals surface area contributed by atoms with Crippen molar-refractivity contribution in [1.82, 2.24) is 5.32 Å². The molecule has 0 aromatic heterocycles. The minimum absolute atomic E-state index is 0.110. The number of aryl methyl sites for hydroxylation is 3. The molecule has 1 aromatic rings. The van der Waals surface area contributed by atoms with Gasteiger partial charge in [-0.2, -0.15) is 0 Å². The van der Waals surface area contributed by atoms with Gasteiger partial charge in [0.05, 0.1) is 0 Å². The Balaban J connectivity index is 2.45. The number of esters is 1. The Labute approximate surface area is 161 Å². The molecule has 0 aliphatic rings. The minimum atomic E-state index is -0.850. The molecule has 27 heavy (non-hydrogen) atoms. The van der Waals surface area contributed by atoms with E-state index in [1.54, 1.807) is 27.7 Å². The molecule has 1 aromatic carbocycles. The van der Waals surface area contributed by atoms with Crippen LogP contribution in [0.5, 0.6) is 0 Å². The van der Waals surface area contributed by atoms with Gasteiger partial charge in [0.1, 0.15) is 5.60 Å². The number of ether oxygens (including phenoxy) is 2. The molecule has 0 heterocycles. The van der Waals surface area contributed by atoms with Crippen molar-refractivity contribution in [2.24, 2.45) is 0 Å². The normalized spacial score (nSPS) is 12.3. The van der Waals surface area contributed by atoms with Crippen molar-refractivity contribution in [2.45, 2.75) is 73.0 Å². The lowest BCUT2D eigenvalue weighted by Crippen LogP contribution is -2.33. The number of hydrogen-bond acceptors (Lipinski definition) is 5. The van der Waals surface area contributed by atoms with E-state index in [9.17, 15) is 14.4 Å². The second kappa shape index (κ2) is 9.53. The molecule has 0 fully saturated rings. The standard InChI is InChI=1S/C21H31NO5/c1-13-11-15(3)17(12-14(13)2)19(24)16(4)26-18(23)9-8-10-22-20(25)27-21(5,6)7/h11-12,16H,8-10H2,1-7H3,(H,22,25)/t16-/m0/s1. The molecule has 1 rings (SSSR count). The van der Waals surface area contributed by atoms with E-state index >= 15 is 0 Å². The molecule has 0 saturated carbocycles. The van der Waals surface area contributed by atoms with Crippen molar-refractivity contribution in [3.63, 3.8) is 0 Å². The maximum absolute atomic E-state index is 12.6. The first-order valence-corrected chi connectivity index (χ1v) is 9.19. The van der Waals surface area contributed by atoms with E-state index in [-0.39, 0.29) is 12.2 Å². The molecule has 0 spiro atoms. The summed E-state index contributed by atoms with van der Waals surface area (Å²) in [7, 11) is 0. The van der Waals surface area contributed by atoms with Gasteiger partial charge in [0.15, 0.2) is 6.10 Å². The molecular formula is C21H31NO5. The van der Waals surface area contributed by atoms with Crippen LogP contribution in [-0.2, 0) is 14.3 Å². The van der Waals surface area contributed by atoms with Crippen LogP contribution in [0.2, 0.25) is 0 Å². The highest BCUT2D eigenvalue weighted by molar-refractivity contribution is 6.01. The third-order valence-electron chi connectivity index (χ3n) is 4.01. The summed E-state index contributed by atoms with van der Waals surface area (Å²) in [5.74, 6) is -0.681. The van der Waals surface area contributed by atoms with Crippen LogP contribution in [0.1, 0.15) is 67.6 Å². The van der Waals surface area contributed by atoms with Crippen LogP contribution in [-0.4, -0.2) is 36.1 Å². The van der Waals surface area contributed by atoms with Gasteiger partial charge in [0, 0.05) is 18.5 Å². The van der Waals surface area contributed by atoms with Crippen LogP contribution >= 0.6 is 0 Å². The second-order valence-electron chi connectivity index (χ2n) is 7.78. The number of alkyl carbamates (subject to hydrolysis) is 1. The largest absolute Gasteiger partial charge is 0.454 e. The Bertz CT molecular complexity index is 703. The number of carbonyl (C=O) groups excluding carboxylic acids is 3. The fraction of sp³-hybridized carbons (Fsp3) is 0.571. The van der Waals surface area contributed by atoms with Crippen molar-refractivity contribution in [3.8, 4) is 0 Å². The Morgan fingerprint density at radius 1 is 1.04 bits per heavy atom. The van der Waals surface area contributed by atoms with Crippen LogP contribution in [0.3, 0.4) is 0 Å². The minimum Gasteiger partial charge on any atom is -0.454 e. The smallest absolute Gasteiger partial charge is 0.407 e. The third kappa shape index (κ3) is 7.81. The van der Waals surface area contributed by atoms with Gasteiger partial charge in [0.25, 0.3) is 0 Å². The topological polar surface area (TPSA) is 81.7 Å². The Morgan fingerprint density at radius 3 is 2.22 bits per heavy atom. The van der Waals surface area contributed by atoms with E-state index in [0.717, 1.165) is 16.7 Å². The molecule has 150 valence electrons. The molecule has 1 N–H and O–H groups in total. The number of ketones is 1. The number of amides is 1. The van der Waals surface area contributed by atoms with E-state index in [1.807, 2.05) is 32.9 Å². The first-order chi connectivity index (χ1) is 12.4. The van der Waals surface area contributed by atoms with Crippen molar-refractivity contribution in [2.75, 3.05) is 6.54 Å². The third-order valence-corrected chi connectivity index (χ3v) is 4.01. The lowest BCUT2D eigenvalue weighted by atomic mass is 9.96. The zero-order chi connectivity index (χ0) is 20.8. The van der Waals surface area contributed by atoms with Crippen LogP contribution in [0.4, 0.5) is 4.79 Å². The van der Waals surface area contributed by atoms with E-state index in [4.69, 9.17) is 9.47 Å². The van der Waals surface area contributed by atoms with Crippen molar-refractivity contribution >= 4 is 17.8 Å². The van der Waals surface area contributed by atoms with Gasteiger partial charge in [-0.15, -0.1) is 0 Å². The molecule has 1 atom stereocenters. The van der Waals surface area contributed by atoms with Gasteiger partial charge in [-0.3, -0.25) is 9.59 Å². The van der Waals surface area contributed by atoms with Gasteiger partial charge in [-0.25, -0.2) is 4.79 Å². The van der Waals surface area contributed by atoms with Gasteiger partial charge in [0.2, 0.25) is 5.78 Å². The highest BCUT2D eigenvalue weighted by Crippen LogP contribution is 2.18. The zero-order valence-electron chi connectivity index (χ0n) is 17.4. The van der Waals surface area contributed by atoms with Gasteiger partial charge in [-0.05, 0) is 77.6 Å². The molecule has 0 radical (unpaired) electrons. The molecule has 0 aliphatic heterocycles. The summed E-state index contributed by atoms with van der Waals surface area (Å²) in [5, 5.41) is 2.58. The number of hydrogen-bond donors (Lipinski definition) is 1. The lowest BCUT2D eigenvalue weighted by Gasteiger charge is -2.19. The SMILES string of the molecule is Cc1cc(C)c(C(=O)[C@H](C)OC(=O)CCCNC(=O)OC(C)(C)C)cc1C. The Hall–Kier alpha value is -2.37. The monoisotopic (exact) mass is 377 g/mol. The van der Waals surface area contributed by atoms with Crippen molar-refractivity contribution < 1.29 is 23.9 Å². The summed E-state index contributed by atoms with van der Waals surface area (Å²) < 4.78 is 10.4. The van der Waals surface area contributed by atoms with Crippen molar-refractivity contribution in [1.29, 1.82) is 0 Å². The van der Waals surface area contributed by atoms with E-state index in [2.05, 4.69) is 5.32 Å². The van der Waals surface area contributed by atoms with Crippen molar-refractivity contribution in [3.05, 3.63) is 34.4 Å². The first-order valence-electron chi connectivity index (χ1n) is 9.19. The average molecular weight is 377 g/mol. The summed E-state index contributed by atoms with van der Waals surface area (Å²) in [6.45, 7) is 13.0. The zero-order valence-corrected chi connectivity index (χ0v) is 17.4. The number of carbonyl (C=O) groups is 3. The van der Waals surface area contributed by atoms with Crippen LogP contribution in [0.25, 0.3) is 0 Å². The highest BCUT2D eigenvalue weighted by atomic mass is 16.6. The summed E-state index contributed by atoms with van der Waals surface area (Å²) in [6.07, 6.45) is -0.859. The molecule has 1 amide bonds. The number of nitrogens with one attached hydrogen (secondary N) is 1. The van der Waals surface area contributed by atoms with Gasteiger partial charge < -0.3 is 14.8 Å². The number of benzene rings is 1. The molecular weight excluding hydrogens is 346 g/mol. The van der Waals surface area contributed by atoms with Crippen LogP contribution in [0.15, 0.2) is 12.1 Å².